The van der Waals surface area contributed by atoms with Crippen LogP contribution in [0.25, 0.3) is 0 Å². The molecule has 2 aliphatic rings. The molecule has 11 heavy (non-hydrogen) atoms. The first kappa shape index (κ1) is 7.56. The van der Waals surface area contributed by atoms with E-state index in [0.717, 1.165) is 12.3 Å². The van der Waals surface area contributed by atoms with Gasteiger partial charge in [-0.2, -0.15) is 0 Å². The first-order valence-electron chi connectivity index (χ1n) is 4.69. The number of nitrogens with zero attached hydrogens (tertiary/aromatic N) is 1. The summed E-state index contributed by atoms with van der Waals surface area (Å²) < 4.78 is 0. The molecule has 2 fully saturated rings. The molecule has 0 bridgehead atoms. The monoisotopic (exact) mass is 155 g/mol. The minimum Gasteiger partial charge on any atom is -0.391 e. The van der Waals surface area contributed by atoms with E-state index in [9.17, 15) is 5.11 Å². The zero-order valence-corrected chi connectivity index (χ0v) is 7.16. The minimum atomic E-state index is -0.0136. The van der Waals surface area contributed by atoms with Crippen LogP contribution in [0.5, 0.6) is 0 Å². The van der Waals surface area contributed by atoms with Crippen LogP contribution in [0.2, 0.25) is 0 Å². The van der Waals surface area contributed by atoms with Gasteiger partial charge in [0.15, 0.2) is 0 Å². The number of aliphatic hydroxyl groups is 1. The van der Waals surface area contributed by atoms with Gasteiger partial charge in [-0.05, 0) is 31.7 Å². The van der Waals surface area contributed by atoms with Crippen LogP contribution in [-0.4, -0.2) is 35.2 Å². The fraction of sp³-hybridized carbons (Fsp3) is 1.00. The van der Waals surface area contributed by atoms with Crippen molar-refractivity contribution in [3.8, 4) is 0 Å². The number of hydrogen-bond donors (Lipinski definition) is 1. The molecule has 2 rings (SSSR count). The number of rotatable bonds is 1. The van der Waals surface area contributed by atoms with Gasteiger partial charge >= 0.3 is 0 Å². The normalized spacial score (nSPS) is 45.8. The first-order valence-corrected chi connectivity index (χ1v) is 4.69. The van der Waals surface area contributed by atoms with Crippen LogP contribution in [0, 0.1) is 5.92 Å². The molecule has 0 aromatic heterocycles. The number of hydrogen-bond acceptors (Lipinski definition) is 2. The number of aliphatic hydroxyl groups excluding tert-OH is 1. The van der Waals surface area contributed by atoms with Crippen molar-refractivity contribution in [2.75, 3.05) is 13.1 Å². The lowest BCUT2D eigenvalue weighted by atomic mass is 9.88. The Kier molecular flexibility index (Phi) is 1.90. The molecule has 1 heterocycles. The summed E-state index contributed by atoms with van der Waals surface area (Å²) in [5, 5.41) is 9.41. The molecule has 64 valence electrons. The maximum Gasteiger partial charge on any atom is 0.0696 e. The standard InChI is InChI=1S/C9H17NO/c1-7-4-5-10(6-7)8-2-3-9(8)11/h7-9,11H,2-6H2,1H3. The van der Waals surface area contributed by atoms with Gasteiger partial charge in [0.2, 0.25) is 0 Å². The maximum atomic E-state index is 9.41. The highest BCUT2D eigenvalue weighted by atomic mass is 16.3. The van der Waals surface area contributed by atoms with Crippen LogP contribution in [0.3, 0.4) is 0 Å². The van der Waals surface area contributed by atoms with Crippen molar-refractivity contribution in [1.82, 2.24) is 4.90 Å². The molecular weight excluding hydrogens is 138 g/mol. The van der Waals surface area contributed by atoms with E-state index in [1.807, 2.05) is 0 Å². The Morgan fingerprint density at radius 1 is 1.27 bits per heavy atom. The smallest absolute Gasteiger partial charge is 0.0696 e. The fourth-order valence-corrected chi connectivity index (χ4v) is 2.16. The van der Waals surface area contributed by atoms with Gasteiger partial charge in [-0.15, -0.1) is 0 Å². The third-order valence-electron chi connectivity index (χ3n) is 3.13. The van der Waals surface area contributed by atoms with Crippen LogP contribution in [0.15, 0.2) is 0 Å². The summed E-state index contributed by atoms with van der Waals surface area (Å²) >= 11 is 0. The molecular formula is C9H17NO. The predicted octanol–water partition coefficient (Wildman–Crippen LogP) is 0.851. The van der Waals surface area contributed by atoms with Crippen LogP contribution in [0.4, 0.5) is 0 Å². The summed E-state index contributed by atoms with van der Waals surface area (Å²) in [6.07, 6.45) is 3.55. The van der Waals surface area contributed by atoms with Gasteiger partial charge < -0.3 is 5.11 Å². The number of likely N-dealkylation sites (tertiary alicyclic amines) is 1. The van der Waals surface area contributed by atoms with Crippen molar-refractivity contribution in [2.45, 2.75) is 38.3 Å². The van der Waals surface area contributed by atoms with E-state index >= 15 is 0 Å². The molecule has 0 radical (unpaired) electrons. The summed E-state index contributed by atoms with van der Waals surface area (Å²) in [4.78, 5) is 2.46. The SMILES string of the molecule is CC1CCN(C2CCC2O)C1. The summed E-state index contributed by atoms with van der Waals surface area (Å²) in [5.74, 6) is 0.850. The van der Waals surface area contributed by atoms with E-state index in [2.05, 4.69) is 11.8 Å². The molecule has 2 nitrogen and oxygen atoms in total. The van der Waals surface area contributed by atoms with E-state index < -0.39 is 0 Å². The van der Waals surface area contributed by atoms with Gasteiger partial charge in [-0.3, -0.25) is 4.90 Å². The van der Waals surface area contributed by atoms with Gasteiger partial charge in [0.1, 0.15) is 0 Å². The largest absolute Gasteiger partial charge is 0.391 e. The summed E-state index contributed by atoms with van der Waals surface area (Å²) in [5.41, 5.74) is 0. The third-order valence-corrected chi connectivity index (χ3v) is 3.13. The van der Waals surface area contributed by atoms with Crippen molar-refractivity contribution in [2.24, 2.45) is 5.92 Å². The second kappa shape index (κ2) is 2.76. The molecule has 0 amide bonds. The Labute approximate surface area is 68.2 Å². The third kappa shape index (κ3) is 1.30. The van der Waals surface area contributed by atoms with Crippen LogP contribution < -0.4 is 0 Å². The lowest BCUT2D eigenvalue weighted by Gasteiger charge is -2.39. The Hall–Kier alpha value is -0.0800. The summed E-state index contributed by atoms with van der Waals surface area (Å²) in [6.45, 7) is 4.72. The first-order chi connectivity index (χ1) is 5.27. The summed E-state index contributed by atoms with van der Waals surface area (Å²) in [6, 6.07) is 0.514. The Bertz CT molecular complexity index is 148. The quantitative estimate of drug-likeness (QED) is 0.607. The average molecular weight is 155 g/mol. The van der Waals surface area contributed by atoms with Crippen molar-refractivity contribution in [1.29, 1.82) is 0 Å². The predicted molar refractivity (Wildman–Crippen MR) is 44.4 cm³/mol. The van der Waals surface area contributed by atoms with E-state index in [-0.39, 0.29) is 6.10 Å². The maximum absolute atomic E-state index is 9.41. The van der Waals surface area contributed by atoms with Gasteiger partial charge in [-0.25, -0.2) is 0 Å². The van der Waals surface area contributed by atoms with Gasteiger partial charge in [0.05, 0.1) is 6.10 Å². The molecule has 0 aromatic rings. The van der Waals surface area contributed by atoms with Crippen LogP contribution in [0.1, 0.15) is 26.2 Å². The van der Waals surface area contributed by atoms with Crippen molar-refractivity contribution >= 4 is 0 Å². The zero-order chi connectivity index (χ0) is 7.84. The van der Waals surface area contributed by atoms with Gasteiger partial charge in [-0.1, -0.05) is 6.92 Å². The molecule has 1 saturated heterocycles. The van der Waals surface area contributed by atoms with E-state index in [4.69, 9.17) is 0 Å². The molecule has 0 aromatic carbocycles. The van der Waals surface area contributed by atoms with E-state index in [1.54, 1.807) is 0 Å². The second-order valence-electron chi connectivity index (χ2n) is 4.10. The molecule has 2 heteroatoms. The zero-order valence-electron chi connectivity index (χ0n) is 7.16. The molecule has 1 aliphatic heterocycles. The molecule has 3 atom stereocenters. The average Bonchev–Trinajstić information content (AvgIpc) is 2.33. The van der Waals surface area contributed by atoms with Gasteiger partial charge in [0, 0.05) is 12.6 Å². The molecule has 0 spiro atoms. The van der Waals surface area contributed by atoms with Crippen molar-refractivity contribution in [3.05, 3.63) is 0 Å². The van der Waals surface area contributed by atoms with Crippen LogP contribution >= 0.6 is 0 Å². The molecule has 1 saturated carbocycles. The lowest BCUT2D eigenvalue weighted by molar-refractivity contribution is -0.0121. The highest BCUT2D eigenvalue weighted by molar-refractivity contribution is 4.91. The van der Waals surface area contributed by atoms with Crippen LogP contribution in [-0.2, 0) is 0 Å². The van der Waals surface area contributed by atoms with Crippen molar-refractivity contribution < 1.29 is 5.11 Å². The van der Waals surface area contributed by atoms with E-state index in [0.29, 0.717) is 6.04 Å². The lowest BCUT2D eigenvalue weighted by Crippen LogP contribution is -2.49. The van der Waals surface area contributed by atoms with Gasteiger partial charge in [0.25, 0.3) is 0 Å². The second-order valence-corrected chi connectivity index (χ2v) is 4.10. The van der Waals surface area contributed by atoms with E-state index in [1.165, 1.54) is 25.9 Å². The fourth-order valence-electron chi connectivity index (χ4n) is 2.16. The highest BCUT2D eigenvalue weighted by Crippen LogP contribution is 2.29. The Morgan fingerprint density at radius 3 is 2.45 bits per heavy atom. The Balaban J connectivity index is 1.86. The minimum absolute atomic E-state index is 0.0136. The summed E-state index contributed by atoms with van der Waals surface area (Å²) in [7, 11) is 0. The molecule has 3 unspecified atom stereocenters. The van der Waals surface area contributed by atoms with Crippen molar-refractivity contribution in [3.63, 3.8) is 0 Å². The topological polar surface area (TPSA) is 23.5 Å². The molecule has 1 aliphatic carbocycles. The molecule has 1 N–H and O–H groups in total. The highest BCUT2D eigenvalue weighted by Gasteiger charge is 2.36. The Morgan fingerprint density at radius 2 is 2.09 bits per heavy atom.